The van der Waals surface area contributed by atoms with E-state index >= 15 is 0 Å². The molecule has 3 rings (SSSR count). The molecule has 0 radical (unpaired) electrons. The molecule has 0 aliphatic carbocycles. The second-order valence-corrected chi connectivity index (χ2v) is 6.54. The van der Waals surface area contributed by atoms with E-state index in [-0.39, 0.29) is 32.8 Å². The standard InChI is InChI=1S/C18H14ClF3N4O5/c1-8(16(27)28)30-15-13(4-3-5-23-15)31-14-7-12(11(20)6-10(14)19)26-18(29)25(17(21)22)9(2)24-26/h3-8,17H,1-2H3,(H,27,28). The Morgan fingerprint density at radius 2 is 2.00 bits per heavy atom. The SMILES string of the molecule is Cc1nn(-c2cc(Oc3cccnc3OC(C)C(=O)O)c(Cl)cc2F)c(=O)n1C(F)F. The minimum Gasteiger partial charge on any atom is -0.479 e. The predicted molar refractivity (Wildman–Crippen MR) is 101 cm³/mol. The lowest BCUT2D eigenvalue weighted by Crippen LogP contribution is -2.25. The molecule has 164 valence electrons. The third-order valence-corrected chi connectivity index (χ3v) is 4.29. The first-order valence-electron chi connectivity index (χ1n) is 8.58. The normalized spacial score (nSPS) is 12.1. The summed E-state index contributed by atoms with van der Waals surface area (Å²) in [7, 11) is 0. The minimum absolute atomic E-state index is 0.0586. The van der Waals surface area contributed by atoms with E-state index in [2.05, 4.69) is 10.1 Å². The Morgan fingerprint density at radius 1 is 1.29 bits per heavy atom. The molecule has 1 unspecified atom stereocenters. The number of pyridine rings is 1. The molecule has 0 aliphatic rings. The van der Waals surface area contributed by atoms with Gasteiger partial charge in [0.25, 0.3) is 5.88 Å². The van der Waals surface area contributed by atoms with Gasteiger partial charge in [-0.15, -0.1) is 5.10 Å². The monoisotopic (exact) mass is 458 g/mol. The molecule has 3 aromatic rings. The maximum atomic E-state index is 14.5. The number of benzene rings is 1. The van der Waals surface area contributed by atoms with Gasteiger partial charge in [-0.25, -0.2) is 23.5 Å². The third kappa shape index (κ3) is 4.48. The van der Waals surface area contributed by atoms with Crippen molar-refractivity contribution in [1.82, 2.24) is 19.3 Å². The van der Waals surface area contributed by atoms with Gasteiger partial charge in [0.15, 0.2) is 17.7 Å². The summed E-state index contributed by atoms with van der Waals surface area (Å²) in [6, 6.07) is 4.65. The molecule has 0 bridgehead atoms. The van der Waals surface area contributed by atoms with Crippen LogP contribution in [0.1, 0.15) is 19.3 Å². The number of carboxylic acids is 1. The quantitative estimate of drug-likeness (QED) is 0.576. The van der Waals surface area contributed by atoms with Crippen molar-refractivity contribution >= 4 is 17.6 Å². The van der Waals surface area contributed by atoms with Crippen LogP contribution in [0.2, 0.25) is 5.02 Å². The van der Waals surface area contributed by atoms with E-state index in [1.54, 1.807) is 0 Å². The number of nitrogens with zero attached hydrogens (tertiary/aromatic N) is 4. The first kappa shape index (κ1) is 22.2. The fraction of sp³-hybridized carbons (Fsp3) is 0.222. The molecular formula is C18H14ClF3N4O5. The molecule has 0 spiro atoms. The Hall–Kier alpha value is -3.54. The zero-order chi connectivity index (χ0) is 22.9. The van der Waals surface area contributed by atoms with E-state index in [4.69, 9.17) is 26.2 Å². The summed E-state index contributed by atoms with van der Waals surface area (Å²) in [5, 5.41) is 12.4. The summed E-state index contributed by atoms with van der Waals surface area (Å²) in [6.07, 6.45) is 0.0738. The zero-order valence-electron chi connectivity index (χ0n) is 15.9. The number of alkyl halides is 2. The van der Waals surface area contributed by atoms with E-state index in [0.29, 0.717) is 4.68 Å². The van der Waals surface area contributed by atoms with Gasteiger partial charge in [0.2, 0.25) is 0 Å². The Kier molecular flexibility index (Phi) is 6.20. The molecule has 1 aromatic carbocycles. The predicted octanol–water partition coefficient (Wildman–Crippen LogP) is 3.57. The smallest absolute Gasteiger partial charge is 0.355 e. The fourth-order valence-corrected chi connectivity index (χ4v) is 2.68. The average Bonchev–Trinajstić information content (AvgIpc) is 2.99. The number of carbonyl (C=O) groups is 1. The summed E-state index contributed by atoms with van der Waals surface area (Å²) in [5.41, 5.74) is -1.75. The first-order valence-corrected chi connectivity index (χ1v) is 8.96. The van der Waals surface area contributed by atoms with Gasteiger partial charge in [-0.2, -0.15) is 13.5 Å². The lowest BCUT2D eigenvalue weighted by Gasteiger charge is -2.15. The summed E-state index contributed by atoms with van der Waals surface area (Å²) < 4.78 is 51.9. The van der Waals surface area contributed by atoms with E-state index in [1.807, 2.05) is 0 Å². The van der Waals surface area contributed by atoms with Crippen LogP contribution in [0.15, 0.2) is 35.3 Å². The third-order valence-electron chi connectivity index (χ3n) is 4.00. The van der Waals surface area contributed by atoms with Gasteiger partial charge in [0.1, 0.15) is 17.3 Å². The lowest BCUT2D eigenvalue weighted by atomic mass is 10.3. The van der Waals surface area contributed by atoms with Gasteiger partial charge in [-0.05, 0) is 32.0 Å². The molecule has 0 saturated carbocycles. The van der Waals surface area contributed by atoms with Crippen LogP contribution in [0.3, 0.4) is 0 Å². The summed E-state index contributed by atoms with van der Waals surface area (Å²) in [5.74, 6) is -3.02. The number of hydrogen-bond donors (Lipinski definition) is 1. The number of hydrogen-bond acceptors (Lipinski definition) is 6. The summed E-state index contributed by atoms with van der Waals surface area (Å²) in [4.78, 5) is 27.2. The van der Waals surface area contributed by atoms with Gasteiger partial charge in [-0.3, -0.25) is 0 Å². The van der Waals surface area contributed by atoms with Crippen LogP contribution in [0.5, 0.6) is 17.4 Å². The number of carboxylic acid groups (broad SMARTS) is 1. The first-order chi connectivity index (χ1) is 14.6. The molecule has 1 atom stereocenters. The van der Waals surface area contributed by atoms with Crippen molar-refractivity contribution in [2.45, 2.75) is 26.5 Å². The topological polar surface area (TPSA) is 108 Å². The van der Waals surface area contributed by atoms with Crippen molar-refractivity contribution in [2.75, 3.05) is 0 Å². The van der Waals surface area contributed by atoms with Crippen LogP contribution in [0, 0.1) is 12.7 Å². The van der Waals surface area contributed by atoms with Crippen LogP contribution in [0.25, 0.3) is 5.69 Å². The zero-order valence-corrected chi connectivity index (χ0v) is 16.7. The van der Waals surface area contributed by atoms with Crippen LogP contribution >= 0.6 is 11.6 Å². The number of halogens is 4. The largest absolute Gasteiger partial charge is 0.479 e. The van der Waals surface area contributed by atoms with Crippen molar-refractivity contribution in [2.24, 2.45) is 0 Å². The molecule has 2 heterocycles. The van der Waals surface area contributed by atoms with Gasteiger partial charge in [0.05, 0.1) is 5.02 Å². The van der Waals surface area contributed by atoms with Crippen LogP contribution in [-0.2, 0) is 4.79 Å². The Balaban J connectivity index is 2.04. The van der Waals surface area contributed by atoms with Gasteiger partial charge < -0.3 is 14.6 Å². The Morgan fingerprint density at radius 3 is 2.61 bits per heavy atom. The van der Waals surface area contributed by atoms with Crippen LogP contribution in [-0.4, -0.2) is 36.5 Å². The highest BCUT2D eigenvalue weighted by Crippen LogP contribution is 2.36. The van der Waals surface area contributed by atoms with Gasteiger partial charge in [0, 0.05) is 12.3 Å². The number of aliphatic carboxylic acids is 1. The fourth-order valence-electron chi connectivity index (χ4n) is 2.50. The molecule has 0 amide bonds. The highest BCUT2D eigenvalue weighted by atomic mass is 35.5. The Labute approximate surface area is 177 Å². The van der Waals surface area contributed by atoms with Gasteiger partial charge >= 0.3 is 18.2 Å². The van der Waals surface area contributed by atoms with Crippen molar-refractivity contribution in [3.63, 3.8) is 0 Å². The van der Waals surface area contributed by atoms with Crippen molar-refractivity contribution in [3.8, 4) is 23.1 Å². The highest BCUT2D eigenvalue weighted by molar-refractivity contribution is 6.32. The number of ether oxygens (including phenoxy) is 2. The Bertz CT molecular complexity index is 1200. The molecule has 0 fully saturated rings. The van der Waals surface area contributed by atoms with E-state index in [9.17, 15) is 22.8 Å². The number of aromatic nitrogens is 4. The molecule has 31 heavy (non-hydrogen) atoms. The molecule has 9 nitrogen and oxygen atoms in total. The molecule has 0 aliphatic heterocycles. The molecule has 1 N–H and O–H groups in total. The van der Waals surface area contributed by atoms with E-state index < -0.39 is 35.8 Å². The maximum Gasteiger partial charge on any atom is 0.355 e. The summed E-state index contributed by atoms with van der Waals surface area (Å²) in [6.45, 7) is -0.727. The van der Waals surface area contributed by atoms with Crippen LogP contribution < -0.4 is 15.2 Å². The second kappa shape index (κ2) is 8.68. The van der Waals surface area contributed by atoms with Crippen LogP contribution in [0.4, 0.5) is 13.2 Å². The molecular weight excluding hydrogens is 445 g/mol. The number of rotatable bonds is 7. The lowest BCUT2D eigenvalue weighted by molar-refractivity contribution is -0.144. The van der Waals surface area contributed by atoms with Crippen molar-refractivity contribution in [3.05, 3.63) is 57.6 Å². The molecule has 2 aromatic heterocycles. The number of aryl methyl sites for hydroxylation is 1. The van der Waals surface area contributed by atoms with Crippen molar-refractivity contribution in [1.29, 1.82) is 0 Å². The van der Waals surface area contributed by atoms with Gasteiger partial charge in [-0.1, -0.05) is 11.6 Å². The average molecular weight is 459 g/mol. The summed E-state index contributed by atoms with van der Waals surface area (Å²) >= 11 is 6.02. The van der Waals surface area contributed by atoms with E-state index in [1.165, 1.54) is 25.3 Å². The highest BCUT2D eigenvalue weighted by Gasteiger charge is 2.23. The molecule has 0 saturated heterocycles. The van der Waals surface area contributed by atoms with Crippen molar-refractivity contribution < 1.29 is 32.5 Å². The maximum absolute atomic E-state index is 14.5. The van der Waals surface area contributed by atoms with E-state index in [0.717, 1.165) is 19.1 Å². The minimum atomic E-state index is -3.17. The second-order valence-electron chi connectivity index (χ2n) is 6.13. The molecule has 13 heteroatoms.